The van der Waals surface area contributed by atoms with Crippen LogP contribution in [-0.2, 0) is 11.3 Å². The van der Waals surface area contributed by atoms with Gasteiger partial charge in [0, 0.05) is 31.0 Å². The molecule has 1 fully saturated rings. The van der Waals surface area contributed by atoms with E-state index in [9.17, 15) is 4.79 Å². The van der Waals surface area contributed by atoms with Crippen molar-refractivity contribution in [1.82, 2.24) is 14.5 Å². The van der Waals surface area contributed by atoms with Crippen molar-refractivity contribution in [3.8, 4) is 11.1 Å². The standard InChI is InChI=1S/C16H15N3OS/c20-16(18-4-1-5-18)10-19-6-2-14-15(19)8-13(9-17-14)12-3-7-21-11-12/h2-3,6-9,11H,1,4-5,10H2. The van der Waals surface area contributed by atoms with Gasteiger partial charge in [-0.15, -0.1) is 0 Å². The van der Waals surface area contributed by atoms with E-state index in [1.165, 1.54) is 5.56 Å². The smallest absolute Gasteiger partial charge is 0.242 e. The molecular formula is C16H15N3OS. The second-order valence-corrected chi connectivity index (χ2v) is 6.10. The molecule has 3 aromatic rings. The van der Waals surface area contributed by atoms with Crippen LogP contribution in [0.2, 0.25) is 0 Å². The normalized spacial score (nSPS) is 14.4. The van der Waals surface area contributed by atoms with Gasteiger partial charge in [-0.25, -0.2) is 0 Å². The van der Waals surface area contributed by atoms with Crippen LogP contribution in [0.5, 0.6) is 0 Å². The molecule has 4 heterocycles. The van der Waals surface area contributed by atoms with E-state index in [4.69, 9.17) is 0 Å². The second-order valence-electron chi connectivity index (χ2n) is 5.32. The number of hydrogen-bond acceptors (Lipinski definition) is 3. The fourth-order valence-corrected chi connectivity index (χ4v) is 3.26. The second kappa shape index (κ2) is 5.00. The van der Waals surface area contributed by atoms with Gasteiger partial charge in [0.25, 0.3) is 0 Å². The molecule has 1 saturated heterocycles. The maximum absolute atomic E-state index is 12.1. The molecule has 0 radical (unpaired) electrons. The van der Waals surface area contributed by atoms with Crippen LogP contribution in [-0.4, -0.2) is 33.4 Å². The van der Waals surface area contributed by atoms with Crippen LogP contribution in [0.3, 0.4) is 0 Å². The van der Waals surface area contributed by atoms with Crippen molar-refractivity contribution in [2.24, 2.45) is 0 Å². The number of amides is 1. The lowest BCUT2D eigenvalue weighted by Gasteiger charge is -2.31. The molecule has 0 saturated carbocycles. The number of carbonyl (C=O) groups excluding carboxylic acids is 1. The van der Waals surface area contributed by atoms with E-state index in [-0.39, 0.29) is 5.91 Å². The van der Waals surface area contributed by atoms with E-state index in [1.54, 1.807) is 11.3 Å². The Bertz CT molecular complexity index is 787. The zero-order valence-electron chi connectivity index (χ0n) is 11.5. The average Bonchev–Trinajstić information content (AvgIpc) is 3.06. The lowest BCUT2D eigenvalue weighted by Crippen LogP contribution is -2.43. The Hall–Kier alpha value is -2.14. The minimum absolute atomic E-state index is 0.194. The highest BCUT2D eigenvalue weighted by molar-refractivity contribution is 7.08. The highest BCUT2D eigenvalue weighted by Crippen LogP contribution is 2.25. The Kier molecular flexibility index (Phi) is 3.00. The highest BCUT2D eigenvalue weighted by atomic mass is 32.1. The molecule has 1 amide bonds. The lowest BCUT2D eigenvalue weighted by molar-refractivity contribution is -0.135. The molecule has 3 aromatic heterocycles. The first-order valence-corrected chi connectivity index (χ1v) is 8.01. The van der Waals surface area contributed by atoms with Gasteiger partial charge in [0.15, 0.2) is 0 Å². The van der Waals surface area contributed by atoms with E-state index in [2.05, 4.69) is 27.9 Å². The summed E-state index contributed by atoms with van der Waals surface area (Å²) in [5.41, 5.74) is 4.23. The maximum Gasteiger partial charge on any atom is 0.242 e. The minimum Gasteiger partial charge on any atom is -0.341 e. The third kappa shape index (κ3) is 2.23. The molecule has 0 aromatic carbocycles. The van der Waals surface area contributed by atoms with Crippen LogP contribution in [0.1, 0.15) is 6.42 Å². The zero-order chi connectivity index (χ0) is 14.2. The Balaban J connectivity index is 1.69. The summed E-state index contributed by atoms with van der Waals surface area (Å²) in [5.74, 6) is 0.194. The van der Waals surface area contributed by atoms with E-state index in [0.717, 1.165) is 36.1 Å². The zero-order valence-corrected chi connectivity index (χ0v) is 12.3. The first kappa shape index (κ1) is 12.6. The van der Waals surface area contributed by atoms with Crippen LogP contribution < -0.4 is 0 Å². The number of thiophene rings is 1. The van der Waals surface area contributed by atoms with Crippen LogP contribution in [0.25, 0.3) is 22.2 Å². The quantitative estimate of drug-likeness (QED) is 0.745. The summed E-state index contributed by atoms with van der Waals surface area (Å²) in [6.45, 7) is 2.20. The number of hydrogen-bond donors (Lipinski definition) is 0. The summed E-state index contributed by atoms with van der Waals surface area (Å²) < 4.78 is 2.00. The summed E-state index contributed by atoms with van der Waals surface area (Å²) in [5, 5.41) is 4.17. The molecule has 0 aliphatic carbocycles. The van der Waals surface area contributed by atoms with Crippen LogP contribution >= 0.6 is 11.3 Å². The summed E-state index contributed by atoms with van der Waals surface area (Å²) in [4.78, 5) is 18.5. The van der Waals surface area contributed by atoms with Crippen LogP contribution in [0.4, 0.5) is 0 Å². The van der Waals surface area contributed by atoms with Crippen molar-refractivity contribution in [1.29, 1.82) is 0 Å². The monoisotopic (exact) mass is 297 g/mol. The van der Waals surface area contributed by atoms with E-state index < -0.39 is 0 Å². The number of fused-ring (bicyclic) bond motifs is 1. The molecule has 5 heteroatoms. The molecule has 0 atom stereocenters. The Morgan fingerprint density at radius 2 is 2.19 bits per heavy atom. The van der Waals surface area contributed by atoms with Crippen molar-refractivity contribution in [3.05, 3.63) is 41.4 Å². The molecule has 4 rings (SSSR count). The highest BCUT2D eigenvalue weighted by Gasteiger charge is 2.20. The molecule has 0 unspecified atom stereocenters. The Morgan fingerprint density at radius 3 is 2.90 bits per heavy atom. The SMILES string of the molecule is O=C(Cn1ccc2ncc(-c3ccsc3)cc21)N1CCC1. The van der Waals surface area contributed by atoms with Gasteiger partial charge in [-0.3, -0.25) is 9.78 Å². The predicted molar refractivity (Wildman–Crippen MR) is 84.2 cm³/mol. The Morgan fingerprint density at radius 1 is 1.29 bits per heavy atom. The van der Waals surface area contributed by atoms with Gasteiger partial charge in [-0.1, -0.05) is 0 Å². The van der Waals surface area contributed by atoms with Gasteiger partial charge in [0.05, 0.1) is 11.0 Å². The van der Waals surface area contributed by atoms with Gasteiger partial charge >= 0.3 is 0 Å². The molecule has 0 bridgehead atoms. The average molecular weight is 297 g/mol. The molecule has 4 nitrogen and oxygen atoms in total. The Labute approximate surface area is 126 Å². The minimum atomic E-state index is 0.194. The molecule has 21 heavy (non-hydrogen) atoms. The van der Waals surface area contributed by atoms with Gasteiger partial charge in [-0.05, 0) is 40.9 Å². The molecule has 1 aliphatic heterocycles. The number of pyridine rings is 1. The summed E-state index contributed by atoms with van der Waals surface area (Å²) in [6.07, 6.45) is 4.97. The molecule has 1 aliphatic rings. The van der Waals surface area contributed by atoms with Gasteiger partial charge in [0.2, 0.25) is 5.91 Å². The molecule has 0 spiro atoms. The number of likely N-dealkylation sites (tertiary alicyclic amines) is 1. The van der Waals surface area contributed by atoms with Crippen LogP contribution in [0.15, 0.2) is 41.4 Å². The maximum atomic E-state index is 12.1. The lowest BCUT2D eigenvalue weighted by atomic mass is 10.1. The third-order valence-corrected chi connectivity index (χ3v) is 4.67. The van der Waals surface area contributed by atoms with E-state index in [1.807, 2.05) is 27.9 Å². The summed E-state index contributed by atoms with van der Waals surface area (Å²) >= 11 is 1.68. The van der Waals surface area contributed by atoms with E-state index in [0.29, 0.717) is 6.54 Å². The fourth-order valence-electron chi connectivity index (χ4n) is 2.60. The summed E-state index contributed by atoms with van der Waals surface area (Å²) in [7, 11) is 0. The number of rotatable bonds is 3. The van der Waals surface area contributed by atoms with E-state index >= 15 is 0 Å². The van der Waals surface area contributed by atoms with Crippen molar-refractivity contribution >= 4 is 28.3 Å². The molecule has 106 valence electrons. The number of carbonyl (C=O) groups is 1. The van der Waals surface area contributed by atoms with Crippen LogP contribution in [0, 0.1) is 0 Å². The number of aromatic nitrogens is 2. The first-order valence-electron chi connectivity index (χ1n) is 7.06. The molecular weight excluding hydrogens is 282 g/mol. The van der Waals surface area contributed by atoms with Gasteiger partial charge in [-0.2, -0.15) is 11.3 Å². The molecule has 0 N–H and O–H groups in total. The predicted octanol–water partition coefficient (Wildman–Crippen LogP) is 3.00. The topological polar surface area (TPSA) is 38.1 Å². The summed E-state index contributed by atoms with van der Waals surface area (Å²) in [6, 6.07) is 6.18. The van der Waals surface area contributed by atoms with Crippen molar-refractivity contribution in [2.45, 2.75) is 13.0 Å². The number of nitrogens with zero attached hydrogens (tertiary/aromatic N) is 3. The van der Waals surface area contributed by atoms with Crippen molar-refractivity contribution in [3.63, 3.8) is 0 Å². The largest absolute Gasteiger partial charge is 0.341 e. The van der Waals surface area contributed by atoms with Crippen molar-refractivity contribution in [2.75, 3.05) is 13.1 Å². The van der Waals surface area contributed by atoms with Gasteiger partial charge in [0.1, 0.15) is 6.54 Å². The first-order chi connectivity index (χ1) is 10.3. The fraction of sp³-hybridized carbons (Fsp3) is 0.250. The van der Waals surface area contributed by atoms with Crippen molar-refractivity contribution < 1.29 is 4.79 Å². The third-order valence-electron chi connectivity index (χ3n) is 3.99. The van der Waals surface area contributed by atoms with Gasteiger partial charge < -0.3 is 9.47 Å².